The molecule has 2 saturated heterocycles. The van der Waals surface area contributed by atoms with Gasteiger partial charge in [-0.25, -0.2) is 21.1 Å². The molecule has 1 saturated carbocycles. The highest BCUT2D eigenvalue weighted by atomic mass is 32.2. The monoisotopic (exact) mass is 187 g/mol. The molecule has 5 N–H and O–H groups in total. The lowest BCUT2D eigenvalue weighted by Crippen LogP contribution is -2.52. The summed E-state index contributed by atoms with van der Waals surface area (Å²) in [5, 5.41) is 0.645. The molecule has 3 aliphatic rings. The molecule has 5 nitrogen and oxygen atoms in total. The minimum atomic E-state index is 0.552. The minimum absolute atomic E-state index is 0.552. The van der Waals surface area contributed by atoms with E-state index in [1.807, 2.05) is 0 Å². The van der Waals surface area contributed by atoms with E-state index in [0.29, 0.717) is 23.4 Å². The van der Waals surface area contributed by atoms with E-state index in [9.17, 15) is 0 Å². The molecule has 0 amide bonds. The van der Waals surface area contributed by atoms with Crippen LogP contribution in [0.1, 0.15) is 12.8 Å². The molecular weight excluding hydrogens is 174 g/mol. The van der Waals surface area contributed by atoms with Crippen LogP contribution in [0.15, 0.2) is 0 Å². The van der Waals surface area contributed by atoms with Crippen molar-refractivity contribution in [1.29, 1.82) is 0 Å². The Morgan fingerprint density at radius 2 is 1.92 bits per heavy atom. The maximum Gasteiger partial charge on any atom is 0.0555 e. The zero-order valence-corrected chi connectivity index (χ0v) is 7.45. The number of hydrazine groups is 3. The highest BCUT2D eigenvalue weighted by Crippen LogP contribution is 2.31. The van der Waals surface area contributed by atoms with Crippen molar-refractivity contribution in [2.75, 3.05) is 0 Å². The van der Waals surface area contributed by atoms with Crippen molar-refractivity contribution in [3.05, 3.63) is 0 Å². The predicted octanol–water partition coefficient (Wildman–Crippen LogP) is -1.38. The Labute approximate surface area is 75.5 Å². The van der Waals surface area contributed by atoms with Gasteiger partial charge in [0.15, 0.2) is 0 Å². The Balaban J connectivity index is 1.81. The van der Waals surface area contributed by atoms with Gasteiger partial charge in [0.25, 0.3) is 0 Å². The van der Waals surface area contributed by atoms with Crippen molar-refractivity contribution in [3.63, 3.8) is 0 Å². The van der Waals surface area contributed by atoms with Crippen LogP contribution in [-0.4, -0.2) is 23.4 Å². The summed E-state index contributed by atoms with van der Waals surface area (Å²) in [6.07, 6.45) is 2.49. The number of rotatable bonds is 0. The van der Waals surface area contributed by atoms with Crippen molar-refractivity contribution < 1.29 is 0 Å². The van der Waals surface area contributed by atoms with Gasteiger partial charge in [-0.1, -0.05) is 11.9 Å². The third-order valence-corrected chi connectivity index (χ3v) is 4.04. The topological polar surface area (TPSA) is 60.1 Å². The highest BCUT2D eigenvalue weighted by molar-refractivity contribution is 7.98. The van der Waals surface area contributed by atoms with Crippen LogP contribution in [0.5, 0.6) is 0 Å². The first-order valence-corrected chi connectivity index (χ1v) is 5.25. The minimum Gasteiger partial charge on any atom is -0.244 e. The third kappa shape index (κ3) is 1.00. The van der Waals surface area contributed by atoms with Crippen LogP contribution in [0.2, 0.25) is 0 Å². The molecule has 0 aromatic carbocycles. The fraction of sp³-hybridized carbons (Fsp3) is 1.00. The normalized spacial score (nSPS) is 52.0. The van der Waals surface area contributed by atoms with Gasteiger partial charge in [-0.05, 0) is 12.8 Å². The summed E-state index contributed by atoms with van der Waals surface area (Å²) in [5.74, 6) is 0. The quantitative estimate of drug-likeness (QED) is 0.301. The first kappa shape index (κ1) is 7.54. The lowest BCUT2D eigenvalue weighted by Gasteiger charge is -2.32. The summed E-state index contributed by atoms with van der Waals surface area (Å²) in [6.45, 7) is 0. The third-order valence-electron chi connectivity index (χ3n) is 2.91. The fourth-order valence-corrected chi connectivity index (χ4v) is 3.36. The van der Waals surface area contributed by atoms with E-state index in [1.165, 1.54) is 12.8 Å². The molecule has 2 heterocycles. The van der Waals surface area contributed by atoms with E-state index in [2.05, 4.69) is 26.6 Å². The standard InChI is InChI=1S/C6H13N5S/c1-2-4-6(12-11-8-4)5-3(1)7-10-9-5/h3-11H,1-2H2. The first-order chi connectivity index (χ1) is 5.95. The molecule has 0 bridgehead atoms. The second-order valence-electron chi connectivity index (χ2n) is 3.56. The van der Waals surface area contributed by atoms with Gasteiger partial charge in [0.2, 0.25) is 0 Å². The van der Waals surface area contributed by atoms with E-state index in [-0.39, 0.29) is 0 Å². The highest BCUT2D eigenvalue weighted by Gasteiger charge is 2.44. The molecule has 2 aliphatic heterocycles. The van der Waals surface area contributed by atoms with Crippen molar-refractivity contribution >= 4 is 11.9 Å². The Bertz CT molecular complexity index is 169. The van der Waals surface area contributed by atoms with Crippen molar-refractivity contribution in [3.8, 4) is 0 Å². The summed E-state index contributed by atoms with van der Waals surface area (Å²) in [6, 6.07) is 1.78. The number of fused-ring (bicyclic) bond motifs is 3. The summed E-state index contributed by atoms with van der Waals surface area (Å²) in [7, 11) is 0. The molecule has 4 unspecified atom stereocenters. The second kappa shape index (κ2) is 2.83. The summed E-state index contributed by atoms with van der Waals surface area (Å²) < 4.78 is 0. The molecule has 0 aromatic heterocycles. The molecule has 3 fully saturated rings. The molecule has 0 radical (unpaired) electrons. The lowest BCUT2D eigenvalue weighted by atomic mass is 9.88. The molecule has 0 spiro atoms. The van der Waals surface area contributed by atoms with Gasteiger partial charge in [0.05, 0.1) is 11.3 Å². The molecule has 12 heavy (non-hydrogen) atoms. The van der Waals surface area contributed by atoms with Gasteiger partial charge < -0.3 is 0 Å². The zero-order valence-electron chi connectivity index (χ0n) is 6.63. The van der Waals surface area contributed by atoms with Crippen LogP contribution in [0, 0.1) is 0 Å². The van der Waals surface area contributed by atoms with Gasteiger partial charge >= 0.3 is 0 Å². The number of nitrogens with one attached hydrogen (secondary N) is 5. The Morgan fingerprint density at radius 3 is 2.92 bits per heavy atom. The van der Waals surface area contributed by atoms with Crippen LogP contribution in [-0.2, 0) is 0 Å². The van der Waals surface area contributed by atoms with Crippen LogP contribution in [0.3, 0.4) is 0 Å². The lowest BCUT2D eigenvalue weighted by molar-refractivity contribution is 0.323. The van der Waals surface area contributed by atoms with E-state index in [0.717, 1.165) is 0 Å². The van der Waals surface area contributed by atoms with Gasteiger partial charge in [-0.15, -0.1) is 0 Å². The molecule has 6 heteroatoms. The number of hydrogen-bond acceptors (Lipinski definition) is 6. The molecule has 3 rings (SSSR count). The van der Waals surface area contributed by atoms with Crippen LogP contribution in [0.4, 0.5) is 0 Å². The number of hydrogen-bond donors (Lipinski definition) is 5. The van der Waals surface area contributed by atoms with Crippen molar-refractivity contribution in [2.24, 2.45) is 0 Å². The fourth-order valence-electron chi connectivity index (χ4n) is 2.23. The van der Waals surface area contributed by atoms with Crippen molar-refractivity contribution in [2.45, 2.75) is 36.2 Å². The summed E-state index contributed by atoms with van der Waals surface area (Å²) in [5.41, 5.74) is 12.8. The predicted molar refractivity (Wildman–Crippen MR) is 47.7 cm³/mol. The zero-order chi connectivity index (χ0) is 7.97. The van der Waals surface area contributed by atoms with Gasteiger partial charge in [-0.3, -0.25) is 0 Å². The maximum atomic E-state index is 3.29. The summed E-state index contributed by atoms with van der Waals surface area (Å²) in [4.78, 5) is 3.15. The summed E-state index contributed by atoms with van der Waals surface area (Å²) >= 11 is 1.80. The second-order valence-corrected chi connectivity index (χ2v) is 4.54. The van der Waals surface area contributed by atoms with Gasteiger partial charge in [-0.2, -0.15) is 5.53 Å². The average molecular weight is 187 g/mol. The molecular formula is C6H13N5S. The SMILES string of the molecule is C1CC2NNSC2C2NNNC12. The van der Waals surface area contributed by atoms with Crippen LogP contribution in [0.25, 0.3) is 0 Å². The largest absolute Gasteiger partial charge is 0.244 e. The van der Waals surface area contributed by atoms with Crippen molar-refractivity contribution in [1.82, 2.24) is 26.6 Å². The van der Waals surface area contributed by atoms with E-state index in [1.54, 1.807) is 11.9 Å². The average Bonchev–Trinajstić information content (AvgIpc) is 2.71. The molecule has 68 valence electrons. The van der Waals surface area contributed by atoms with Crippen LogP contribution < -0.4 is 26.6 Å². The first-order valence-electron chi connectivity index (χ1n) is 4.37. The van der Waals surface area contributed by atoms with E-state index in [4.69, 9.17) is 0 Å². The van der Waals surface area contributed by atoms with Gasteiger partial charge in [0.1, 0.15) is 0 Å². The smallest absolute Gasteiger partial charge is 0.0555 e. The van der Waals surface area contributed by atoms with E-state index < -0.39 is 0 Å². The Kier molecular flexibility index (Phi) is 1.78. The molecule has 1 aliphatic carbocycles. The van der Waals surface area contributed by atoms with Crippen LogP contribution >= 0.6 is 11.9 Å². The van der Waals surface area contributed by atoms with Gasteiger partial charge in [0, 0.05) is 12.1 Å². The molecule has 0 aromatic rings. The van der Waals surface area contributed by atoms with E-state index >= 15 is 0 Å². The maximum absolute atomic E-state index is 3.29. The Hall–Kier alpha value is 0.150. The molecule has 4 atom stereocenters. The Morgan fingerprint density at radius 1 is 1.00 bits per heavy atom.